The summed E-state index contributed by atoms with van der Waals surface area (Å²) < 4.78 is 2.29. The third-order valence-corrected chi connectivity index (χ3v) is 5.41. The van der Waals surface area contributed by atoms with Crippen LogP contribution in [-0.2, 0) is 13.1 Å². The van der Waals surface area contributed by atoms with Gasteiger partial charge in [0.15, 0.2) is 0 Å². The number of aromatic amines is 1. The third-order valence-electron chi connectivity index (χ3n) is 5.17. The minimum atomic E-state index is 0.00615. The molecule has 0 saturated heterocycles. The minimum absolute atomic E-state index is 0.00615. The predicted octanol–water partition coefficient (Wildman–Crippen LogP) is 5.55. The van der Waals surface area contributed by atoms with E-state index in [0.29, 0.717) is 17.1 Å². The van der Waals surface area contributed by atoms with Crippen molar-refractivity contribution in [2.45, 2.75) is 65.0 Å². The third kappa shape index (κ3) is 5.41. The van der Waals surface area contributed by atoms with E-state index >= 15 is 0 Å². The molecular formula is C23H30ClN3O. The maximum absolute atomic E-state index is 12.1. The van der Waals surface area contributed by atoms with Crippen molar-refractivity contribution in [3.8, 4) is 5.75 Å². The first-order chi connectivity index (χ1) is 13.7. The average Bonchev–Trinajstić information content (AvgIpc) is 3.05. The lowest BCUT2D eigenvalue weighted by molar-refractivity contribution is -0.657. The molecule has 2 N–H and O–H groups in total. The maximum atomic E-state index is 12.1. The van der Waals surface area contributed by atoms with Crippen LogP contribution in [0, 0.1) is 0 Å². The van der Waals surface area contributed by atoms with Crippen LogP contribution in [0.1, 0.15) is 57.4 Å². The highest BCUT2D eigenvalue weighted by atomic mass is 35.5. The van der Waals surface area contributed by atoms with E-state index in [1.807, 2.05) is 6.07 Å². The zero-order chi connectivity index (χ0) is 19.8. The topological polar surface area (TPSA) is 54.8 Å². The van der Waals surface area contributed by atoms with Crippen LogP contribution in [0.15, 0.2) is 42.5 Å². The molecule has 3 aromatic rings. The Labute approximate surface area is 172 Å². The van der Waals surface area contributed by atoms with E-state index in [9.17, 15) is 5.11 Å². The molecule has 0 fully saturated rings. The van der Waals surface area contributed by atoms with Crippen LogP contribution in [-0.4, -0.2) is 4.98 Å². The van der Waals surface area contributed by atoms with Gasteiger partial charge in [-0.2, -0.15) is 0 Å². The number of aryl methyl sites for hydroxylation is 1. The van der Waals surface area contributed by atoms with Crippen molar-refractivity contribution in [2.75, 3.05) is 5.32 Å². The van der Waals surface area contributed by atoms with Gasteiger partial charge in [0.2, 0.25) is 0 Å². The van der Waals surface area contributed by atoms with E-state index in [2.05, 4.69) is 40.0 Å². The van der Waals surface area contributed by atoms with E-state index < -0.39 is 0 Å². The number of imidazole rings is 1. The van der Waals surface area contributed by atoms with Crippen molar-refractivity contribution in [1.29, 1.82) is 0 Å². The van der Waals surface area contributed by atoms with Gasteiger partial charge in [0.05, 0.1) is 13.1 Å². The molecule has 0 radical (unpaired) electrons. The van der Waals surface area contributed by atoms with Crippen molar-refractivity contribution < 1.29 is 9.67 Å². The second kappa shape index (κ2) is 10.4. The molecule has 0 spiro atoms. The molecule has 150 valence electrons. The Bertz CT molecular complexity index is 891. The number of anilines is 1. The van der Waals surface area contributed by atoms with Gasteiger partial charge < -0.3 is 5.11 Å². The summed E-state index contributed by atoms with van der Waals surface area (Å²) >= 11 is 6.04. The van der Waals surface area contributed by atoms with E-state index in [4.69, 9.17) is 11.6 Å². The Hall–Kier alpha value is -2.20. The summed E-state index contributed by atoms with van der Waals surface area (Å²) in [7, 11) is 0. The number of unbranched alkanes of at least 4 members (excludes halogenated alkanes) is 6. The Kier molecular flexibility index (Phi) is 7.61. The highest BCUT2D eigenvalue weighted by molar-refractivity contribution is 6.30. The summed E-state index contributed by atoms with van der Waals surface area (Å²) in [6.07, 6.45) is 9.01. The number of aromatic nitrogens is 2. The van der Waals surface area contributed by atoms with Crippen molar-refractivity contribution in [2.24, 2.45) is 0 Å². The van der Waals surface area contributed by atoms with Gasteiger partial charge in [-0.15, -0.1) is 5.75 Å². The minimum Gasteiger partial charge on any atom is -0.872 e. The van der Waals surface area contributed by atoms with Gasteiger partial charge in [0.1, 0.15) is 11.0 Å². The lowest BCUT2D eigenvalue weighted by Gasteiger charge is -2.12. The maximum Gasteiger partial charge on any atom is 0.356 e. The summed E-state index contributed by atoms with van der Waals surface area (Å²) in [5, 5.41) is 16.0. The summed E-state index contributed by atoms with van der Waals surface area (Å²) in [5.74, 6) is 0.943. The number of H-pyrrole nitrogens is 1. The zero-order valence-electron chi connectivity index (χ0n) is 16.6. The first-order valence-electron chi connectivity index (χ1n) is 10.4. The Morgan fingerprint density at radius 3 is 2.57 bits per heavy atom. The standard InChI is InChI=1S/C23H30ClN3O/c1-2-3-4-5-6-7-10-15-27-21-12-9-8-11-20(21)26-23(27)25-17-18-16-19(24)13-14-22(18)28/h8-9,11-14,16H,2-7,10,15,17H2,1H3,(H2,25,26,28). The number of nitrogens with one attached hydrogen (secondary N) is 2. The van der Waals surface area contributed by atoms with Crippen LogP contribution in [0.3, 0.4) is 0 Å². The van der Waals surface area contributed by atoms with Crippen molar-refractivity contribution in [1.82, 2.24) is 4.98 Å². The summed E-state index contributed by atoms with van der Waals surface area (Å²) in [4.78, 5) is 3.45. The lowest BCUT2D eigenvalue weighted by Crippen LogP contribution is -2.36. The number of hydrogen-bond donors (Lipinski definition) is 2. The van der Waals surface area contributed by atoms with E-state index in [1.54, 1.807) is 12.1 Å². The van der Waals surface area contributed by atoms with Crippen molar-refractivity contribution in [3.63, 3.8) is 0 Å². The first-order valence-corrected chi connectivity index (χ1v) is 10.8. The molecule has 0 aliphatic carbocycles. The summed E-state index contributed by atoms with van der Waals surface area (Å²) in [6.45, 7) is 3.66. The molecule has 28 heavy (non-hydrogen) atoms. The SMILES string of the molecule is CCCCCCCCC[n+]1c(NCc2cc(Cl)ccc2[O-])[nH]c2ccccc21. The van der Waals surface area contributed by atoms with Gasteiger partial charge in [0.25, 0.3) is 0 Å². The van der Waals surface area contributed by atoms with Crippen LogP contribution in [0.4, 0.5) is 5.95 Å². The zero-order valence-corrected chi connectivity index (χ0v) is 17.4. The monoisotopic (exact) mass is 399 g/mol. The van der Waals surface area contributed by atoms with Crippen molar-refractivity contribution >= 4 is 28.6 Å². The molecular weight excluding hydrogens is 370 g/mol. The first kappa shape index (κ1) is 20.5. The van der Waals surface area contributed by atoms with Crippen LogP contribution < -0.4 is 15.0 Å². The fourth-order valence-electron chi connectivity index (χ4n) is 3.59. The fraction of sp³-hybridized carbons (Fsp3) is 0.435. The molecule has 2 aromatic carbocycles. The number of rotatable bonds is 11. The second-order valence-electron chi connectivity index (χ2n) is 7.37. The Balaban J connectivity index is 1.66. The highest BCUT2D eigenvalue weighted by Gasteiger charge is 2.16. The largest absolute Gasteiger partial charge is 0.872 e. The van der Waals surface area contributed by atoms with Gasteiger partial charge >= 0.3 is 5.95 Å². The number of hydrogen-bond acceptors (Lipinski definition) is 2. The molecule has 0 unspecified atom stereocenters. The molecule has 0 aliphatic heterocycles. The number of halogens is 1. The quantitative estimate of drug-likeness (QED) is 0.328. The van der Waals surface area contributed by atoms with Crippen LogP contribution >= 0.6 is 11.6 Å². The number of benzene rings is 2. The molecule has 1 heterocycles. The molecule has 0 aliphatic rings. The molecule has 0 amide bonds. The smallest absolute Gasteiger partial charge is 0.356 e. The van der Waals surface area contributed by atoms with Gasteiger partial charge in [-0.05, 0) is 36.2 Å². The number of nitrogens with zero attached hydrogens (tertiary/aromatic N) is 1. The van der Waals surface area contributed by atoms with Gasteiger partial charge in [-0.1, -0.05) is 75.2 Å². The second-order valence-corrected chi connectivity index (χ2v) is 7.81. The van der Waals surface area contributed by atoms with E-state index in [-0.39, 0.29) is 5.75 Å². The van der Waals surface area contributed by atoms with Crippen LogP contribution in [0.25, 0.3) is 11.0 Å². The number of para-hydroxylation sites is 2. The van der Waals surface area contributed by atoms with Gasteiger partial charge in [-0.25, -0.2) is 9.55 Å². The Morgan fingerprint density at radius 1 is 1.00 bits per heavy atom. The highest BCUT2D eigenvalue weighted by Crippen LogP contribution is 2.20. The molecule has 0 saturated carbocycles. The molecule has 1 aromatic heterocycles. The molecule has 4 nitrogen and oxygen atoms in total. The molecule has 0 bridgehead atoms. The van der Waals surface area contributed by atoms with E-state index in [1.165, 1.54) is 50.1 Å². The van der Waals surface area contributed by atoms with E-state index in [0.717, 1.165) is 24.4 Å². The molecule has 0 atom stereocenters. The van der Waals surface area contributed by atoms with Crippen molar-refractivity contribution in [3.05, 3.63) is 53.1 Å². The normalized spacial score (nSPS) is 11.2. The average molecular weight is 400 g/mol. The Morgan fingerprint density at radius 2 is 1.75 bits per heavy atom. The summed E-state index contributed by atoms with van der Waals surface area (Å²) in [6, 6.07) is 13.2. The fourth-order valence-corrected chi connectivity index (χ4v) is 3.79. The summed E-state index contributed by atoms with van der Waals surface area (Å²) in [5.41, 5.74) is 2.96. The van der Waals surface area contributed by atoms with Crippen LogP contribution in [0.2, 0.25) is 5.02 Å². The van der Waals surface area contributed by atoms with Gasteiger partial charge in [-0.3, -0.25) is 5.32 Å². The molecule has 3 rings (SSSR count). The molecule has 5 heteroatoms. The number of fused-ring (bicyclic) bond motifs is 1. The predicted molar refractivity (Wildman–Crippen MR) is 115 cm³/mol. The van der Waals surface area contributed by atoms with Crippen LogP contribution in [0.5, 0.6) is 5.75 Å². The lowest BCUT2D eigenvalue weighted by atomic mass is 10.1. The van der Waals surface area contributed by atoms with Gasteiger partial charge in [0, 0.05) is 5.02 Å².